The van der Waals surface area contributed by atoms with E-state index in [4.69, 9.17) is 9.26 Å². The summed E-state index contributed by atoms with van der Waals surface area (Å²) in [6, 6.07) is 6.31. The Morgan fingerprint density at radius 2 is 2.19 bits per heavy atom. The van der Waals surface area contributed by atoms with Gasteiger partial charge < -0.3 is 25.2 Å². The van der Waals surface area contributed by atoms with Gasteiger partial charge in [0.05, 0.1) is 6.54 Å². The molecule has 144 valence electrons. The zero-order valence-electron chi connectivity index (χ0n) is 15.3. The van der Waals surface area contributed by atoms with E-state index in [0.717, 1.165) is 12.8 Å². The van der Waals surface area contributed by atoms with Crippen molar-refractivity contribution < 1.29 is 18.8 Å². The predicted octanol–water partition coefficient (Wildman–Crippen LogP) is 2.38. The summed E-state index contributed by atoms with van der Waals surface area (Å²) >= 11 is 0. The van der Waals surface area contributed by atoms with Gasteiger partial charge in [-0.1, -0.05) is 11.2 Å². The highest BCUT2D eigenvalue weighted by Gasteiger charge is 2.23. The largest absolute Gasteiger partial charge is 0.368 e. The summed E-state index contributed by atoms with van der Waals surface area (Å²) in [7, 11) is 0. The summed E-state index contributed by atoms with van der Waals surface area (Å²) in [6.45, 7) is 4.58. The van der Waals surface area contributed by atoms with Gasteiger partial charge in [0.25, 0.3) is 11.8 Å². The van der Waals surface area contributed by atoms with E-state index < -0.39 is 6.03 Å². The number of ether oxygens (including phenoxy) is 1. The molecule has 0 spiro atoms. The second-order valence-electron chi connectivity index (χ2n) is 6.57. The molecular formula is C18H23N5O4. The summed E-state index contributed by atoms with van der Waals surface area (Å²) in [5.41, 5.74) is 0.984. The fraction of sp³-hybridized carbons (Fsp3) is 0.444. The van der Waals surface area contributed by atoms with Gasteiger partial charge in [-0.2, -0.15) is 4.98 Å². The average Bonchev–Trinajstić information content (AvgIpc) is 3.31. The molecule has 1 aliphatic heterocycles. The van der Waals surface area contributed by atoms with Gasteiger partial charge in [0.2, 0.25) is 0 Å². The minimum absolute atomic E-state index is 0.0342. The van der Waals surface area contributed by atoms with E-state index in [-0.39, 0.29) is 24.6 Å². The Bertz CT molecular complexity index is 799. The average molecular weight is 373 g/mol. The molecule has 0 aliphatic carbocycles. The lowest BCUT2D eigenvalue weighted by Crippen LogP contribution is -2.30. The van der Waals surface area contributed by atoms with Crippen LogP contribution in [0.1, 0.15) is 54.9 Å². The van der Waals surface area contributed by atoms with Crippen molar-refractivity contribution in [3.8, 4) is 0 Å². The normalized spacial score (nSPS) is 16.3. The SMILES string of the molecule is CC(C)NC(=O)c1cccc(NC(=O)NCc2noc(C3CCCO3)n2)c1. The Labute approximate surface area is 156 Å². The molecule has 2 heterocycles. The molecule has 9 nitrogen and oxygen atoms in total. The summed E-state index contributed by atoms with van der Waals surface area (Å²) in [4.78, 5) is 28.4. The van der Waals surface area contributed by atoms with Crippen molar-refractivity contribution in [3.05, 3.63) is 41.5 Å². The van der Waals surface area contributed by atoms with Crippen molar-refractivity contribution in [2.75, 3.05) is 11.9 Å². The first kappa shape index (κ1) is 18.8. The number of nitrogens with one attached hydrogen (secondary N) is 3. The molecule has 3 amide bonds. The third-order valence-electron chi connectivity index (χ3n) is 3.90. The molecule has 1 saturated heterocycles. The molecule has 9 heteroatoms. The molecule has 1 aliphatic rings. The number of amides is 3. The van der Waals surface area contributed by atoms with Crippen LogP contribution in [0.5, 0.6) is 0 Å². The van der Waals surface area contributed by atoms with Crippen molar-refractivity contribution in [1.82, 2.24) is 20.8 Å². The van der Waals surface area contributed by atoms with Gasteiger partial charge in [0.1, 0.15) is 6.10 Å². The van der Waals surface area contributed by atoms with Crippen LogP contribution < -0.4 is 16.0 Å². The number of rotatable bonds is 6. The fourth-order valence-electron chi connectivity index (χ4n) is 2.66. The van der Waals surface area contributed by atoms with Crippen LogP contribution in [0.3, 0.4) is 0 Å². The van der Waals surface area contributed by atoms with Crippen molar-refractivity contribution in [2.45, 2.75) is 45.4 Å². The van der Waals surface area contributed by atoms with Gasteiger partial charge in [-0.05, 0) is 44.9 Å². The summed E-state index contributed by atoms with van der Waals surface area (Å²) in [6.07, 6.45) is 1.67. The zero-order chi connectivity index (χ0) is 19.2. The van der Waals surface area contributed by atoms with E-state index >= 15 is 0 Å². The second-order valence-corrected chi connectivity index (χ2v) is 6.57. The number of urea groups is 1. The monoisotopic (exact) mass is 373 g/mol. The van der Waals surface area contributed by atoms with E-state index in [2.05, 4.69) is 26.1 Å². The van der Waals surface area contributed by atoms with Crippen LogP contribution in [0.2, 0.25) is 0 Å². The Morgan fingerprint density at radius 3 is 2.93 bits per heavy atom. The van der Waals surface area contributed by atoms with Crippen LogP contribution in [0.15, 0.2) is 28.8 Å². The summed E-state index contributed by atoms with van der Waals surface area (Å²) < 4.78 is 10.7. The highest BCUT2D eigenvalue weighted by atomic mass is 16.5. The number of carbonyl (C=O) groups excluding carboxylic acids is 2. The topological polar surface area (TPSA) is 118 Å². The van der Waals surface area contributed by atoms with Crippen LogP contribution in [0, 0.1) is 0 Å². The highest BCUT2D eigenvalue weighted by Crippen LogP contribution is 2.26. The maximum absolute atomic E-state index is 12.1. The molecule has 1 fully saturated rings. The van der Waals surface area contributed by atoms with E-state index in [9.17, 15) is 9.59 Å². The number of hydrogen-bond acceptors (Lipinski definition) is 6. The molecule has 3 rings (SSSR count). The fourth-order valence-corrected chi connectivity index (χ4v) is 2.66. The Morgan fingerprint density at radius 1 is 1.33 bits per heavy atom. The molecule has 1 atom stereocenters. The van der Waals surface area contributed by atoms with Gasteiger partial charge in [-0.3, -0.25) is 4.79 Å². The lowest BCUT2D eigenvalue weighted by atomic mass is 10.2. The van der Waals surface area contributed by atoms with E-state index in [1.54, 1.807) is 24.3 Å². The van der Waals surface area contributed by atoms with Crippen LogP contribution in [0.4, 0.5) is 10.5 Å². The molecule has 1 aromatic heterocycles. The van der Waals surface area contributed by atoms with Crippen molar-refractivity contribution in [1.29, 1.82) is 0 Å². The third kappa shape index (κ3) is 5.27. The zero-order valence-corrected chi connectivity index (χ0v) is 15.3. The maximum atomic E-state index is 12.1. The molecule has 2 aromatic rings. The highest BCUT2D eigenvalue weighted by molar-refractivity contribution is 5.96. The molecule has 27 heavy (non-hydrogen) atoms. The Kier molecular flexibility index (Phi) is 6.02. The molecule has 1 unspecified atom stereocenters. The first-order valence-electron chi connectivity index (χ1n) is 8.91. The molecule has 0 radical (unpaired) electrons. The van der Waals surface area contributed by atoms with E-state index in [1.807, 2.05) is 13.8 Å². The standard InChI is InChI=1S/C18H23N5O4/c1-11(2)20-16(24)12-5-3-6-13(9-12)21-18(25)19-10-15-22-17(27-23-15)14-7-4-8-26-14/h3,5-6,9,11,14H,4,7-8,10H2,1-2H3,(H,20,24)(H2,19,21,25). The van der Waals surface area contributed by atoms with E-state index in [0.29, 0.717) is 29.6 Å². The minimum atomic E-state index is -0.431. The van der Waals surface area contributed by atoms with Crippen LogP contribution in [-0.4, -0.2) is 34.7 Å². The molecular weight excluding hydrogens is 350 g/mol. The number of nitrogens with zero attached hydrogens (tertiary/aromatic N) is 2. The lowest BCUT2D eigenvalue weighted by molar-refractivity contribution is 0.0835. The van der Waals surface area contributed by atoms with Crippen LogP contribution >= 0.6 is 0 Å². The number of anilines is 1. The van der Waals surface area contributed by atoms with Crippen molar-refractivity contribution >= 4 is 17.6 Å². The number of aromatic nitrogens is 2. The summed E-state index contributed by atoms with van der Waals surface area (Å²) in [5, 5.41) is 12.0. The maximum Gasteiger partial charge on any atom is 0.319 e. The quantitative estimate of drug-likeness (QED) is 0.715. The molecule has 0 saturated carbocycles. The van der Waals surface area contributed by atoms with Gasteiger partial charge in [0, 0.05) is 23.9 Å². The predicted molar refractivity (Wildman–Crippen MR) is 97.1 cm³/mol. The smallest absolute Gasteiger partial charge is 0.319 e. The second kappa shape index (κ2) is 8.63. The first-order valence-corrected chi connectivity index (χ1v) is 8.91. The van der Waals surface area contributed by atoms with Gasteiger partial charge in [-0.25, -0.2) is 4.79 Å². The Balaban J connectivity index is 1.51. The minimum Gasteiger partial charge on any atom is -0.368 e. The molecule has 3 N–H and O–H groups in total. The van der Waals surface area contributed by atoms with Crippen molar-refractivity contribution in [3.63, 3.8) is 0 Å². The van der Waals surface area contributed by atoms with Crippen LogP contribution in [0.25, 0.3) is 0 Å². The number of carbonyl (C=O) groups is 2. The van der Waals surface area contributed by atoms with Crippen LogP contribution in [-0.2, 0) is 11.3 Å². The first-order chi connectivity index (χ1) is 13.0. The summed E-state index contributed by atoms with van der Waals surface area (Å²) in [5.74, 6) is 0.622. The van der Waals surface area contributed by atoms with Crippen molar-refractivity contribution in [2.24, 2.45) is 0 Å². The molecule has 0 bridgehead atoms. The van der Waals surface area contributed by atoms with E-state index in [1.165, 1.54) is 0 Å². The van der Waals surface area contributed by atoms with Gasteiger partial charge in [0.15, 0.2) is 5.82 Å². The Hall–Kier alpha value is -2.94. The number of benzene rings is 1. The molecule has 1 aromatic carbocycles. The van der Waals surface area contributed by atoms with Gasteiger partial charge >= 0.3 is 6.03 Å². The lowest BCUT2D eigenvalue weighted by Gasteiger charge is -2.10. The third-order valence-corrected chi connectivity index (χ3v) is 3.90. The van der Waals surface area contributed by atoms with Gasteiger partial charge in [-0.15, -0.1) is 0 Å². The number of hydrogen-bond donors (Lipinski definition) is 3.